The highest BCUT2D eigenvalue weighted by molar-refractivity contribution is 7.99. The van der Waals surface area contributed by atoms with E-state index in [-0.39, 0.29) is 11.7 Å². The molecule has 0 spiro atoms. The number of hydrogen-bond acceptors (Lipinski definition) is 7. The van der Waals surface area contributed by atoms with Crippen LogP contribution in [-0.4, -0.2) is 59.8 Å². The highest BCUT2D eigenvalue weighted by Crippen LogP contribution is 2.29. The summed E-state index contributed by atoms with van der Waals surface area (Å²) in [5.74, 6) is 1.32. The SMILES string of the molecule is COc1ccc(NC(=O)CSc2nnc(N3CCOCC3)n2-c2ccc(C)cc2)cc1Cl. The number of morpholine rings is 1. The van der Waals surface area contributed by atoms with Crippen LogP contribution in [0.15, 0.2) is 47.6 Å². The number of amides is 1. The van der Waals surface area contributed by atoms with Gasteiger partial charge in [-0.25, -0.2) is 0 Å². The number of carbonyl (C=O) groups is 1. The summed E-state index contributed by atoms with van der Waals surface area (Å²) < 4.78 is 12.6. The lowest BCUT2D eigenvalue weighted by atomic mass is 10.2. The molecule has 1 aliphatic heterocycles. The zero-order valence-corrected chi connectivity index (χ0v) is 19.4. The van der Waals surface area contributed by atoms with Crippen molar-refractivity contribution in [1.29, 1.82) is 0 Å². The van der Waals surface area contributed by atoms with E-state index in [9.17, 15) is 4.79 Å². The lowest BCUT2D eigenvalue weighted by molar-refractivity contribution is -0.113. The van der Waals surface area contributed by atoms with E-state index in [0.717, 1.165) is 24.7 Å². The van der Waals surface area contributed by atoms with Crippen molar-refractivity contribution in [3.63, 3.8) is 0 Å². The number of nitrogens with one attached hydrogen (secondary N) is 1. The molecule has 1 amide bonds. The summed E-state index contributed by atoms with van der Waals surface area (Å²) in [5.41, 5.74) is 2.73. The zero-order chi connectivity index (χ0) is 22.5. The number of rotatable bonds is 7. The third kappa shape index (κ3) is 5.17. The number of ether oxygens (including phenoxy) is 2. The molecule has 1 N–H and O–H groups in total. The van der Waals surface area contributed by atoms with E-state index in [2.05, 4.69) is 20.4 Å². The Bertz CT molecular complexity index is 1080. The smallest absolute Gasteiger partial charge is 0.234 e. The van der Waals surface area contributed by atoms with E-state index in [1.165, 1.54) is 17.3 Å². The Morgan fingerprint density at radius 2 is 1.94 bits per heavy atom. The first-order valence-electron chi connectivity index (χ1n) is 10.2. The molecule has 0 aliphatic carbocycles. The third-order valence-corrected chi connectivity index (χ3v) is 6.19. The van der Waals surface area contributed by atoms with Crippen LogP contribution < -0.4 is 15.0 Å². The number of carbonyl (C=O) groups excluding carboxylic acids is 1. The second-order valence-electron chi connectivity index (χ2n) is 7.24. The number of methoxy groups -OCH3 is 1. The normalized spacial score (nSPS) is 13.8. The van der Waals surface area contributed by atoms with Crippen LogP contribution in [0.4, 0.5) is 11.6 Å². The van der Waals surface area contributed by atoms with Gasteiger partial charge in [-0.1, -0.05) is 41.1 Å². The predicted molar refractivity (Wildman–Crippen MR) is 126 cm³/mol. The molecule has 0 radical (unpaired) electrons. The van der Waals surface area contributed by atoms with E-state index in [1.807, 2.05) is 35.8 Å². The van der Waals surface area contributed by atoms with Gasteiger partial charge in [-0.2, -0.15) is 0 Å². The van der Waals surface area contributed by atoms with Gasteiger partial charge < -0.3 is 19.7 Å². The standard InChI is InChI=1S/C22H24ClN5O3S/c1-15-3-6-17(7-4-15)28-21(27-9-11-31-12-10-27)25-26-22(28)32-14-20(29)24-16-5-8-19(30-2)18(23)13-16/h3-8,13H,9-12,14H2,1-2H3,(H,24,29). The number of aromatic nitrogens is 3. The summed E-state index contributed by atoms with van der Waals surface area (Å²) in [4.78, 5) is 14.7. The van der Waals surface area contributed by atoms with E-state index in [1.54, 1.807) is 25.3 Å². The summed E-state index contributed by atoms with van der Waals surface area (Å²) >= 11 is 7.48. The zero-order valence-electron chi connectivity index (χ0n) is 17.9. The van der Waals surface area contributed by atoms with Crippen molar-refractivity contribution in [3.05, 3.63) is 53.1 Å². The van der Waals surface area contributed by atoms with Gasteiger partial charge in [0.05, 0.1) is 36.8 Å². The Morgan fingerprint density at radius 3 is 2.62 bits per heavy atom. The Labute approximate surface area is 195 Å². The minimum Gasteiger partial charge on any atom is -0.495 e. The maximum absolute atomic E-state index is 12.6. The monoisotopic (exact) mass is 473 g/mol. The summed E-state index contributed by atoms with van der Waals surface area (Å²) in [6.45, 7) is 4.83. The Balaban J connectivity index is 1.51. The molecule has 32 heavy (non-hydrogen) atoms. The molecule has 4 rings (SSSR count). The van der Waals surface area contributed by atoms with Crippen LogP contribution in [0.1, 0.15) is 5.56 Å². The van der Waals surface area contributed by atoms with Gasteiger partial charge in [0.25, 0.3) is 0 Å². The number of hydrogen-bond donors (Lipinski definition) is 1. The fraction of sp³-hybridized carbons (Fsp3) is 0.318. The van der Waals surface area contributed by atoms with E-state index in [0.29, 0.717) is 34.8 Å². The molecule has 2 aromatic carbocycles. The number of thioether (sulfide) groups is 1. The Kier molecular flexibility index (Phi) is 7.19. The van der Waals surface area contributed by atoms with Gasteiger partial charge in [-0.15, -0.1) is 10.2 Å². The third-order valence-electron chi connectivity index (χ3n) is 4.97. The molecule has 10 heteroatoms. The molecular weight excluding hydrogens is 450 g/mol. The minimum absolute atomic E-state index is 0.164. The van der Waals surface area contributed by atoms with Crippen LogP contribution in [0.5, 0.6) is 5.75 Å². The summed E-state index contributed by atoms with van der Waals surface area (Å²) in [5, 5.41) is 12.8. The maximum atomic E-state index is 12.6. The fourth-order valence-electron chi connectivity index (χ4n) is 3.31. The molecule has 1 saturated heterocycles. The van der Waals surface area contributed by atoms with Gasteiger partial charge >= 0.3 is 0 Å². The molecule has 0 unspecified atom stereocenters. The molecule has 168 valence electrons. The molecule has 1 fully saturated rings. The van der Waals surface area contributed by atoms with Crippen LogP contribution >= 0.6 is 23.4 Å². The lowest BCUT2D eigenvalue weighted by Crippen LogP contribution is -2.37. The first-order chi connectivity index (χ1) is 15.5. The van der Waals surface area contributed by atoms with Gasteiger partial charge in [-0.05, 0) is 37.3 Å². The summed E-state index contributed by atoms with van der Waals surface area (Å²) in [6, 6.07) is 13.3. The van der Waals surface area contributed by atoms with E-state index >= 15 is 0 Å². The van der Waals surface area contributed by atoms with Crippen molar-refractivity contribution in [2.45, 2.75) is 12.1 Å². The number of benzene rings is 2. The first kappa shape index (κ1) is 22.4. The van der Waals surface area contributed by atoms with Gasteiger partial charge in [-0.3, -0.25) is 9.36 Å². The number of anilines is 2. The van der Waals surface area contributed by atoms with Gasteiger partial charge in [0, 0.05) is 18.8 Å². The quantitative estimate of drug-likeness (QED) is 0.522. The highest BCUT2D eigenvalue weighted by atomic mass is 35.5. The van der Waals surface area contributed by atoms with Crippen molar-refractivity contribution in [2.75, 3.05) is 49.4 Å². The second kappa shape index (κ2) is 10.2. The van der Waals surface area contributed by atoms with Crippen molar-refractivity contribution in [2.24, 2.45) is 0 Å². The summed E-state index contributed by atoms with van der Waals surface area (Å²) in [7, 11) is 1.55. The number of aryl methyl sites for hydroxylation is 1. The molecule has 1 aliphatic rings. The molecule has 2 heterocycles. The topological polar surface area (TPSA) is 81.5 Å². The van der Waals surface area contributed by atoms with Gasteiger partial charge in [0.2, 0.25) is 11.9 Å². The van der Waals surface area contributed by atoms with Crippen molar-refractivity contribution in [3.8, 4) is 11.4 Å². The van der Waals surface area contributed by atoms with Crippen molar-refractivity contribution < 1.29 is 14.3 Å². The van der Waals surface area contributed by atoms with Gasteiger partial charge in [0.1, 0.15) is 5.75 Å². The Hall–Kier alpha value is -2.75. The van der Waals surface area contributed by atoms with Crippen LogP contribution in [0.2, 0.25) is 5.02 Å². The molecule has 8 nitrogen and oxygen atoms in total. The molecule has 0 bridgehead atoms. The fourth-order valence-corrected chi connectivity index (χ4v) is 4.32. The van der Waals surface area contributed by atoms with Crippen molar-refractivity contribution in [1.82, 2.24) is 14.8 Å². The maximum Gasteiger partial charge on any atom is 0.234 e. The van der Waals surface area contributed by atoms with Crippen LogP contribution in [0, 0.1) is 6.92 Å². The minimum atomic E-state index is -0.164. The van der Waals surface area contributed by atoms with Gasteiger partial charge in [0.15, 0.2) is 5.16 Å². The van der Waals surface area contributed by atoms with Crippen LogP contribution in [-0.2, 0) is 9.53 Å². The molecule has 1 aromatic heterocycles. The van der Waals surface area contributed by atoms with Crippen molar-refractivity contribution >= 4 is 40.9 Å². The van der Waals surface area contributed by atoms with Crippen LogP contribution in [0.3, 0.4) is 0 Å². The first-order valence-corrected chi connectivity index (χ1v) is 11.5. The highest BCUT2D eigenvalue weighted by Gasteiger charge is 2.22. The molecule has 3 aromatic rings. The largest absolute Gasteiger partial charge is 0.495 e. The molecule has 0 saturated carbocycles. The van der Waals surface area contributed by atoms with Crippen LogP contribution in [0.25, 0.3) is 5.69 Å². The average Bonchev–Trinajstić information content (AvgIpc) is 3.23. The second-order valence-corrected chi connectivity index (χ2v) is 8.59. The lowest BCUT2D eigenvalue weighted by Gasteiger charge is -2.27. The molecule has 0 atom stereocenters. The van der Waals surface area contributed by atoms with E-state index < -0.39 is 0 Å². The van der Waals surface area contributed by atoms with E-state index in [4.69, 9.17) is 21.1 Å². The average molecular weight is 474 g/mol. The molecular formula is C22H24ClN5O3S. The predicted octanol–water partition coefficient (Wildman–Crippen LogP) is 3.81. The summed E-state index contributed by atoms with van der Waals surface area (Å²) in [6.07, 6.45) is 0. The Morgan fingerprint density at radius 1 is 1.19 bits per heavy atom. The number of halogens is 1. The number of nitrogens with zero attached hydrogens (tertiary/aromatic N) is 4.